The number of anilines is 1. The number of methoxy groups -OCH3 is 1. The molecule has 1 aromatic carbocycles. The number of ether oxygens (including phenoxy) is 1. The summed E-state index contributed by atoms with van der Waals surface area (Å²) in [5.41, 5.74) is 1.73. The number of carbonyl (C=O) groups excluding carboxylic acids is 1. The van der Waals surface area contributed by atoms with Crippen molar-refractivity contribution < 1.29 is 13.9 Å². The van der Waals surface area contributed by atoms with Gasteiger partial charge < -0.3 is 10.1 Å². The van der Waals surface area contributed by atoms with Crippen molar-refractivity contribution in [3.8, 4) is 0 Å². The summed E-state index contributed by atoms with van der Waals surface area (Å²) in [4.78, 5) is 11.2. The van der Waals surface area contributed by atoms with Crippen LogP contribution >= 0.6 is 0 Å². The highest BCUT2D eigenvalue weighted by Crippen LogP contribution is 2.32. The maximum atomic E-state index is 13.2. The van der Waals surface area contributed by atoms with E-state index in [2.05, 4.69) is 10.1 Å². The van der Waals surface area contributed by atoms with Crippen molar-refractivity contribution in [2.45, 2.75) is 6.17 Å². The number of nitrogens with one attached hydrogen (secondary N) is 1. The Labute approximate surface area is 80.9 Å². The molecule has 0 fully saturated rings. The summed E-state index contributed by atoms with van der Waals surface area (Å²) in [6.45, 7) is 0.278. The zero-order chi connectivity index (χ0) is 10.1. The molecule has 0 radical (unpaired) electrons. The van der Waals surface area contributed by atoms with Crippen LogP contribution in [0.15, 0.2) is 18.2 Å². The molecule has 0 saturated carbocycles. The fourth-order valence-electron chi connectivity index (χ4n) is 1.54. The number of hydrogen-bond donors (Lipinski definition) is 1. The molecule has 1 heterocycles. The maximum absolute atomic E-state index is 13.2. The van der Waals surface area contributed by atoms with Gasteiger partial charge in [0, 0.05) is 11.3 Å². The van der Waals surface area contributed by atoms with Gasteiger partial charge >= 0.3 is 5.97 Å². The Bertz CT molecular complexity index is 378. The maximum Gasteiger partial charge on any atom is 0.337 e. The first-order valence-electron chi connectivity index (χ1n) is 4.32. The molecule has 74 valence electrons. The first-order valence-corrected chi connectivity index (χ1v) is 4.32. The summed E-state index contributed by atoms with van der Waals surface area (Å²) in [6, 6.07) is 4.80. The number of hydrogen-bond acceptors (Lipinski definition) is 3. The molecule has 1 atom stereocenters. The van der Waals surface area contributed by atoms with E-state index in [0.717, 1.165) is 0 Å². The Morgan fingerprint density at radius 3 is 3.14 bits per heavy atom. The summed E-state index contributed by atoms with van der Waals surface area (Å²) in [5, 5.41) is 2.89. The minimum atomic E-state index is -0.975. The van der Waals surface area contributed by atoms with Crippen molar-refractivity contribution in [2.24, 2.45) is 0 Å². The minimum absolute atomic E-state index is 0.278. The van der Waals surface area contributed by atoms with Gasteiger partial charge in [-0.3, -0.25) is 0 Å². The van der Waals surface area contributed by atoms with Crippen molar-refractivity contribution in [3.05, 3.63) is 29.3 Å². The van der Waals surface area contributed by atoms with Crippen molar-refractivity contribution in [2.75, 3.05) is 19.0 Å². The fourth-order valence-corrected chi connectivity index (χ4v) is 1.54. The van der Waals surface area contributed by atoms with Gasteiger partial charge in [-0.2, -0.15) is 0 Å². The van der Waals surface area contributed by atoms with Crippen molar-refractivity contribution in [1.29, 1.82) is 0 Å². The van der Waals surface area contributed by atoms with Gasteiger partial charge in [0.2, 0.25) is 0 Å². The summed E-state index contributed by atoms with van der Waals surface area (Å²) in [7, 11) is 1.32. The molecule has 0 amide bonds. The van der Waals surface area contributed by atoms with Crippen LogP contribution in [-0.2, 0) is 4.74 Å². The lowest BCUT2D eigenvalue weighted by atomic mass is 10.1. The molecule has 3 nitrogen and oxygen atoms in total. The molecule has 1 aromatic rings. The summed E-state index contributed by atoms with van der Waals surface area (Å²) < 4.78 is 17.7. The Kier molecular flexibility index (Phi) is 2.11. The second kappa shape index (κ2) is 3.29. The van der Waals surface area contributed by atoms with Gasteiger partial charge in [0.1, 0.15) is 6.17 Å². The molecule has 14 heavy (non-hydrogen) atoms. The van der Waals surface area contributed by atoms with E-state index in [4.69, 9.17) is 0 Å². The molecule has 0 bridgehead atoms. The predicted molar refractivity (Wildman–Crippen MR) is 50.1 cm³/mol. The first-order chi connectivity index (χ1) is 6.72. The molecule has 2 rings (SSSR count). The molecule has 1 aliphatic heterocycles. The molecule has 4 heteroatoms. The Balaban J connectivity index is 2.37. The Hall–Kier alpha value is -1.58. The van der Waals surface area contributed by atoms with E-state index in [1.165, 1.54) is 7.11 Å². The van der Waals surface area contributed by atoms with Crippen LogP contribution < -0.4 is 5.32 Å². The zero-order valence-corrected chi connectivity index (χ0v) is 7.71. The van der Waals surface area contributed by atoms with Gasteiger partial charge in [-0.05, 0) is 12.1 Å². The van der Waals surface area contributed by atoms with E-state index in [1.54, 1.807) is 18.2 Å². The number of benzene rings is 1. The lowest BCUT2D eigenvalue weighted by molar-refractivity contribution is 0.0601. The van der Waals surface area contributed by atoms with E-state index < -0.39 is 12.1 Å². The molecule has 0 aromatic heterocycles. The lowest BCUT2D eigenvalue weighted by Crippen LogP contribution is -2.01. The van der Waals surface area contributed by atoms with Crippen LogP contribution in [0.2, 0.25) is 0 Å². The quantitative estimate of drug-likeness (QED) is 0.695. The summed E-state index contributed by atoms with van der Waals surface area (Å²) >= 11 is 0. The third kappa shape index (κ3) is 1.32. The Morgan fingerprint density at radius 1 is 1.64 bits per heavy atom. The summed E-state index contributed by atoms with van der Waals surface area (Å²) in [5.74, 6) is -0.406. The van der Waals surface area contributed by atoms with Gasteiger partial charge in [0.25, 0.3) is 0 Å². The van der Waals surface area contributed by atoms with E-state index in [9.17, 15) is 9.18 Å². The van der Waals surface area contributed by atoms with E-state index in [0.29, 0.717) is 16.8 Å². The number of carbonyl (C=O) groups is 1. The average Bonchev–Trinajstić information content (AvgIpc) is 2.59. The zero-order valence-electron chi connectivity index (χ0n) is 7.71. The topological polar surface area (TPSA) is 38.3 Å². The van der Waals surface area contributed by atoms with Gasteiger partial charge in [0.05, 0.1) is 19.2 Å². The van der Waals surface area contributed by atoms with Gasteiger partial charge in [-0.1, -0.05) is 6.07 Å². The van der Waals surface area contributed by atoms with E-state index in [-0.39, 0.29) is 6.54 Å². The van der Waals surface area contributed by atoms with Gasteiger partial charge in [-0.15, -0.1) is 0 Å². The highest BCUT2D eigenvalue weighted by Gasteiger charge is 2.22. The molecule has 1 aliphatic rings. The molecular weight excluding hydrogens is 185 g/mol. The highest BCUT2D eigenvalue weighted by atomic mass is 19.1. The number of rotatable bonds is 1. The largest absolute Gasteiger partial charge is 0.465 e. The lowest BCUT2D eigenvalue weighted by Gasteiger charge is -2.03. The van der Waals surface area contributed by atoms with Gasteiger partial charge in [-0.25, -0.2) is 9.18 Å². The molecular formula is C10H10FNO2. The summed E-state index contributed by atoms with van der Waals surface area (Å²) in [6.07, 6.45) is -0.975. The van der Waals surface area contributed by atoms with Crippen LogP contribution in [0.1, 0.15) is 22.1 Å². The van der Waals surface area contributed by atoms with Crippen LogP contribution in [0.3, 0.4) is 0 Å². The van der Waals surface area contributed by atoms with Crippen LogP contribution in [0, 0.1) is 0 Å². The number of alkyl halides is 1. The highest BCUT2D eigenvalue weighted by molar-refractivity contribution is 5.91. The van der Waals surface area contributed by atoms with Crippen LogP contribution in [0.5, 0.6) is 0 Å². The normalized spacial score (nSPS) is 18.6. The second-order valence-corrected chi connectivity index (χ2v) is 3.14. The number of fused-ring (bicyclic) bond motifs is 1. The smallest absolute Gasteiger partial charge is 0.337 e. The van der Waals surface area contributed by atoms with Crippen molar-refractivity contribution >= 4 is 11.7 Å². The van der Waals surface area contributed by atoms with Crippen LogP contribution in [-0.4, -0.2) is 19.6 Å². The second-order valence-electron chi connectivity index (χ2n) is 3.14. The van der Waals surface area contributed by atoms with Gasteiger partial charge in [0.15, 0.2) is 0 Å². The van der Waals surface area contributed by atoms with Crippen molar-refractivity contribution in [1.82, 2.24) is 0 Å². The Morgan fingerprint density at radius 2 is 2.43 bits per heavy atom. The van der Waals surface area contributed by atoms with Crippen LogP contribution in [0.4, 0.5) is 10.1 Å². The van der Waals surface area contributed by atoms with E-state index in [1.807, 2.05) is 0 Å². The number of halogens is 1. The average molecular weight is 195 g/mol. The fraction of sp³-hybridized carbons (Fsp3) is 0.300. The standard InChI is InChI=1S/C10H10FNO2/c1-14-10(13)6-2-3-7-8(11)5-12-9(7)4-6/h2-4,8,12H,5H2,1H3. The molecule has 1 N–H and O–H groups in total. The number of esters is 1. The molecule has 0 saturated heterocycles. The molecule has 0 spiro atoms. The third-order valence-electron chi connectivity index (χ3n) is 2.28. The van der Waals surface area contributed by atoms with Crippen LogP contribution in [0.25, 0.3) is 0 Å². The first kappa shape index (κ1) is 8.99. The predicted octanol–water partition coefficient (Wildman–Crippen LogP) is 1.91. The van der Waals surface area contributed by atoms with E-state index >= 15 is 0 Å². The minimum Gasteiger partial charge on any atom is -0.465 e. The van der Waals surface area contributed by atoms with Crippen molar-refractivity contribution in [3.63, 3.8) is 0 Å². The molecule has 1 unspecified atom stereocenters. The third-order valence-corrected chi connectivity index (χ3v) is 2.28. The SMILES string of the molecule is COC(=O)c1ccc2c(c1)NCC2F. The molecule has 0 aliphatic carbocycles. The monoisotopic (exact) mass is 195 g/mol.